The summed E-state index contributed by atoms with van der Waals surface area (Å²) in [5.74, 6) is 1.38. The molecule has 4 rings (SSSR count). The van der Waals surface area contributed by atoms with Crippen molar-refractivity contribution in [2.45, 2.75) is 12.6 Å². The lowest BCUT2D eigenvalue weighted by molar-refractivity contribution is 0.205. The number of piperazine rings is 1. The molecule has 158 valence electrons. The van der Waals surface area contributed by atoms with Gasteiger partial charge in [0.2, 0.25) is 5.95 Å². The number of hydrogen-bond donors (Lipinski definition) is 1. The number of aliphatic hydroxyl groups excluding tert-OH is 1. The molecule has 1 aromatic carbocycles. The summed E-state index contributed by atoms with van der Waals surface area (Å²) in [4.78, 5) is 19.8. The zero-order valence-electron chi connectivity index (χ0n) is 17.8. The van der Waals surface area contributed by atoms with E-state index in [9.17, 15) is 5.11 Å². The third-order valence-electron chi connectivity index (χ3n) is 5.55. The van der Waals surface area contributed by atoms with Gasteiger partial charge in [-0.3, -0.25) is 4.90 Å². The number of nitrogens with zero attached hydrogens (tertiary/aromatic N) is 7. The van der Waals surface area contributed by atoms with Crippen LogP contribution in [0.4, 0.5) is 11.6 Å². The highest BCUT2D eigenvalue weighted by Gasteiger charge is 2.24. The fraction of sp³-hybridized carbons (Fsp3) is 0.409. The van der Waals surface area contributed by atoms with E-state index in [-0.39, 0.29) is 0 Å². The Morgan fingerprint density at radius 3 is 2.37 bits per heavy atom. The zero-order valence-corrected chi connectivity index (χ0v) is 17.8. The monoisotopic (exact) mass is 407 g/mol. The van der Waals surface area contributed by atoms with Crippen LogP contribution < -0.4 is 9.80 Å². The predicted molar refractivity (Wildman–Crippen MR) is 118 cm³/mol. The summed E-state index contributed by atoms with van der Waals surface area (Å²) >= 11 is 0. The Bertz CT molecular complexity index is 962. The Kier molecular flexibility index (Phi) is 5.96. The lowest BCUT2D eigenvalue weighted by Gasteiger charge is -2.37. The maximum Gasteiger partial charge on any atom is 0.224 e. The summed E-state index contributed by atoms with van der Waals surface area (Å²) in [6.07, 6.45) is 6.65. The standard InChI is InChI=1S/C22H29N7O/c1-26(2)22-24-14-17(15-25-22)16-28-10-12-29(13-11-28)19-7-5-4-6-18(19)20(30)21-23-8-9-27(21)3/h4-9,14-15,20,30H,10-13,16H2,1-3H3/t20-/m1/s1. The number of aliphatic hydroxyl groups is 1. The van der Waals surface area contributed by atoms with E-state index in [1.54, 1.807) is 6.20 Å². The Morgan fingerprint density at radius 2 is 1.73 bits per heavy atom. The fourth-order valence-corrected chi connectivity index (χ4v) is 3.85. The van der Waals surface area contributed by atoms with E-state index >= 15 is 0 Å². The van der Waals surface area contributed by atoms with E-state index in [1.165, 1.54) is 0 Å². The van der Waals surface area contributed by atoms with E-state index in [2.05, 4.69) is 30.8 Å². The lowest BCUT2D eigenvalue weighted by atomic mass is 10.0. The highest BCUT2D eigenvalue weighted by Crippen LogP contribution is 2.30. The minimum Gasteiger partial charge on any atom is -0.380 e. The van der Waals surface area contributed by atoms with Crippen LogP contribution in [0, 0.1) is 0 Å². The normalized spacial score (nSPS) is 15.9. The minimum atomic E-state index is -0.744. The predicted octanol–water partition coefficient (Wildman–Crippen LogP) is 1.68. The maximum absolute atomic E-state index is 10.9. The van der Waals surface area contributed by atoms with E-state index < -0.39 is 6.10 Å². The molecule has 1 aliphatic rings. The van der Waals surface area contributed by atoms with Gasteiger partial charge in [0.25, 0.3) is 0 Å². The Balaban J connectivity index is 1.41. The van der Waals surface area contributed by atoms with Crippen LogP contribution in [0.5, 0.6) is 0 Å². The minimum absolute atomic E-state index is 0.655. The van der Waals surface area contributed by atoms with Crippen LogP contribution >= 0.6 is 0 Å². The molecule has 0 radical (unpaired) electrons. The first-order valence-electron chi connectivity index (χ1n) is 10.2. The van der Waals surface area contributed by atoms with Crippen LogP contribution in [-0.2, 0) is 13.6 Å². The molecule has 0 amide bonds. The number of anilines is 2. The Labute approximate surface area is 177 Å². The van der Waals surface area contributed by atoms with Gasteiger partial charge in [-0.1, -0.05) is 18.2 Å². The molecular formula is C22H29N7O. The Hall–Kier alpha value is -2.97. The Morgan fingerprint density at radius 1 is 1.03 bits per heavy atom. The molecule has 0 aliphatic carbocycles. The maximum atomic E-state index is 10.9. The molecular weight excluding hydrogens is 378 g/mol. The second-order valence-electron chi connectivity index (χ2n) is 7.91. The molecule has 8 nitrogen and oxygen atoms in total. The van der Waals surface area contributed by atoms with Crippen molar-refractivity contribution in [1.29, 1.82) is 0 Å². The van der Waals surface area contributed by atoms with Crippen molar-refractivity contribution in [3.63, 3.8) is 0 Å². The molecule has 1 fully saturated rings. The highest BCUT2D eigenvalue weighted by molar-refractivity contribution is 5.56. The van der Waals surface area contributed by atoms with Crippen molar-refractivity contribution in [2.75, 3.05) is 50.1 Å². The van der Waals surface area contributed by atoms with Gasteiger partial charge >= 0.3 is 0 Å². The molecule has 1 atom stereocenters. The smallest absolute Gasteiger partial charge is 0.224 e. The first kappa shape index (κ1) is 20.3. The average Bonchev–Trinajstić information content (AvgIpc) is 3.20. The van der Waals surface area contributed by atoms with Gasteiger partial charge in [-0.2, -0.15) is 0 Å². The summed E-state index contributed by atoms with van der Waals surface area (Å²) in [5.41, 5.74) is 3.10. The largest absolute Gasteiger partial charge is 0.380 e. The molecule has 2 aromatic heterocycles. The molecule has 0 spiro atoms. The zero-order chi connectivity index (χ0) is 21.1. The van der Waals surface area contributed by atoms with Gasteiger partial charge in [0.1, 0.15) is 11.9 Å². The van der Waals surface area contributed by atoms with E-state index in [0.29, 0.717) is 5.82 Å². The van der Waals surface area contributed by atoms with E-state index in [4.69, 9.17) is 0 Å². The molecule has 1 saturated heterocycles. The van der Waals surface area contributed by atoms with Crippen molar-refractivity contribution in [3.8, 4) is 0 Å². The van der Waals surface area contributed by atoms with Gasteiger partial charge in [0.15, 0.2) is 0 Å². The third-order valence-corrected chi connectivity index (χ3v) is 5.55. The van der Waals surface area contributed by atoms with Crippen LogP contribution in [0.15, 0.2) is 49.1 Å². The van der Waals surface area contributed by atoms with Crippen LogP contribution in [0.1, 0.15) is 23.1 Å². The molecule has 8 heteroatoms. The van der Waals surface area contributed by atoms with Crippen molar-refractivity contribution in [1.82, 2.24) is 24.4 Å². The van der Waals surface area contributed by atoms with Gasteiger partial charge in [-0.25, -0.2) is 15.0 Å². The number of hydrogen-bond acceptors (Lipinski definition) is 7. The topological polar surface area (TPSA) is 73.6 Å². The second-order valence-corrected chi connectivity index (χ2v) is 7.91. The summed E-state index contributed by atoms with van der Waals surface area (Å²) in [5, 5.41) is 10.9. The molecule has 3 aromatic rings. The quantitative estimate of drug-likeness (QED) is 0.666. The molecule has 1 aliphatic heterocycles. The summed E-state index contributed by atoms with van der Waals surface area (Å²) in [6.45, 7) is 4.55. The van der Waals surface area contributed by atoms with E-state index in [0.717, 1.165) is 55.5 Å². The van der Waals surface area contributed by atoms with Crippen LogP contribution in [-0.4, -0.2) is 69.8 Å². The second kappa shape index (κ2) is 8.81. The first-order valence-corrected chi connectivity index (χ1v) is 10.2. The van der Waals surface area contributed by atoms with Gasteiger partial charge in [0, 0.05) is 95.5 Å². The van der Waals surface area contributed by atoms with Crippen LogP contribution in [0.3, 0.4) is 0 Å². The number of rotatable bonds is 6. The van der Waals surface area contributed by atoms with Crippen molar-refractivity contribution >= 4 is 11.6 Å². The van der Waals surface area contributed by atoms with Crippen LogP contribution in [0.2, 0.25) is 0 Å². The molecule has 0 unspecified atom stereocenters. The van der Waals surface area contributed by atoms with Gasteiger partial charge in [-0.05, 0) is 6.07 Å². The summed E-state index contributed by atoms with van der Waals surface area (Å²) in [6, 6.07) is 8.08. The summed E-state index contributed by atoms with van der Waals surface area (Å²) in [7, 11) is 5.79. The van der Waals surface area contributed by atoms with Gasteiger partial charge in [-0.15, -0.1) is 0 Å². The lowest BCUT2D eigenvalue weighted by Crippen LogP contribution is -2.46. The van der Waals surface area contributed by atoms with Crippen LogP contribution in [0.25, 0.3) is 0 Å². The molecule has 30 heavy (non-hydrogen) atoms. The first-order chi connectivity index (χ1) is 14.5. The fourth-order valence-electron chi connectivity index (χ4n) is 3.85. The van der Waals surface area contributed by atoms with Crippen molar-refractivity contribution in [2.24, 2.45) is 7.05 Å². The average molecular weight is 408 g/mol. The number of para-hydroxylation sites is 1. The molecule has 0 bridgehead atoms. The number of benzene rings is 1. The van der Waals surface area contributed by atoms with Crippen molar-refractivity contribution in [3.05, 3.63) is 66.0 Å². The highest BCUT2D eigenvalue weighted by atomic mass is 16.3. The van der Waals surface area contributed by atoms with E-state index in [1.807, 2.05) is 67.4 Å². The number of aryl methyl sites for hydroxylation is 1. The van der Waals surface area contributed by atoms with Gasteiger partial charge < -0.3 is 19.5 Å². The summed E-state index contributed by atoms with van der Waals surface area (Å²) < 4.78 is 1.86. The van der Waals surface area contributed by atoms with Gasteiger partial charge in [0.05, 0.1) is 0 Å². The molecule has 3 heterocycles. The number of aromatic nitrogens is 4. The SMILES string of the molecule is CN(C)c1ncc(CN2CCN(c3ccccc3[C@@H](O)c3nccn3C)CC2)cn1. The molecule has 0 saturated carbocycles. The number of imidazole rings is 1. The molecule has 1 N–H and O–H groups in total. The third kappa shape index (κ3) is 4.29. The van der Waals surface area contributed by atoms with Crippen molar-refractivity contribution < 1.29 is 5.11 Å².